The van der Waals surface area contributed by atoms with Crippen molar-refractivity contribution in [3.8, 4) is 5.75 Å². The molecule has 0 spiro atoms. The Morgan fingerprint density at radius 3 is 2.56 bits per heavy atom. The average molecular weight is 592 g/mol. The van der Waals surface area contributed by atoms with Gasteiger partial charge in [-0.3, -0.25) is 23.7 Å². The first-order chi connectivity index (χ1) is 18.4. The summed E-state index contributed by atoms with van der Waals surface area (Å²) in [4.78, 5) is 38.0. The molecule has 1 aromatic heterocycles. The number of ether oxygens (including phenoxy) is 2. The van der Waals surface area contributed by atoms with Crippen molar-refractivity contribution in [3.63, 3.8) is 0 Å². The minimum absolute atomic E-state index is 0.133. The number of nitrogens with zero attached hydrogens (tertiary/aromatic N) is 1. The standard InChI is InChI=1S/C24H32ClFN3O9P/c1-4-16(5-2)13-35-21(32)15(3)28-39(34,38-17-9-7-6-8-10-17)36-14-18-20(31)24(25,26)22(37-18)29-12-11-19(30)27-23(29)33/h6-12,15-16,18,20,22,31H,4-5,13-14H2,1-3H3,(H,28,34)(H,27,30,33)/t15-,18+,20+,22+,24+,39?/m0/s1. The van der Waals surface area contributed by atoms with E-state index in [1.165, 1.54) is 19.1 Å². The SMILES string of the molecule is CCC(CC)COC(=O)[C@H](C)NP(=O)(OC[C@H]1O[C@@H](n2ccc(=O)[nH]c2=O)[C@@](F)(Cl)[C@@H]1O)Oc1ccccc1. The molecule has 6 atom stereocenters. The number of aliphatic hydroxyl groups excluding tert-OH is 1. The molecule has 0 aliphatic carbocycles. The van der Waals surface area contributed by atoms with Gasteiger partial charge in [-0.1, -0.05) is 56.5 Å². The summed E-state index contributed by atoms with van der Waals surface area (Å²) < 4.78 is 51.4. The normalized spacial score (nSPS) is 25.3. The van der Waals surface area contributed by atoms with Crippen LogP contribution in [0.5, 0.6) is 5.75 Å². The molecular weight excluding hydrogens is 560 g/mol. The summed E-state index contributed by atoms with van der Waals surface area (Å²) in [5, 5.41) is 9.98. The highest BCUT2D eigenvalue weighted by atomic mass is 35.5. The van der Waals surface area contributed by atoms with Gasteiger partial charge in [0, 0.05) is 12.3 Å². The molecule has 0 saturated carbocycles. The lowest BCUT2D eigenvalue weighted by Gasteiger charge is -2.25. The number of nitrogens with one attached hydrogen (secondary N) is 2. The molecule has 2 aromatic rings. The molecule has 1 saturated heterocycles. The minimum atomic E-state index is -4.36. The van der Waals surface area contributed by atoms with Gasteiger partial charge >= 0.3 is 19.4 Å². The number of hydrogen-bond acceptors (Lipinski definition) is 9. The number of aromatic nitrogens is 2. The second kappa shape index (κ2) is 13.2. The van der Waals surface area contributed by atoms with Crippen molar-refractivity contribution in [2.75, 3.05) is 13.2 Å². The van der Waals surface area contributed by atoms with Gasteiger partial charge in [-0.15, -0.1) is 0 Å². The van der Waals surface area contributed by atoms with Crippen LogP contribution in [-0.4, -0.2) is 57.2 Å². The summed E-state index contributed by atoms with van der Waals surface area (Å²) >= 11 is 5.89. The summed E-state index contributed by atoms with van der Waals surface area (Å²) in [6.07, 6.45) is -2.83. The number of aromatic amines is 1. The summed E-state index contributed by atoms with van der Waals surface area (Å²) in [7, 11) is -4.36. The number of aliphatic hydroxyl groups is 1. The van der Waals surface area contributed by atoms with Crippen LogP contribution in [0.2, 0.25) is 0 Å². The third kappa shape index (κ3) is 7.77. The fraction of sp³-hybridized carbons (Fsp3) is 0.542. The van der Waals surface area contributed by atoms with Crippen molar-refractivity contribution in [2.24, 2.45) is 5.92 Å². The minimum Gasteiger partial charge on any atom is -0.464 e. The van der Waals surface area contributed by atoms with Crippen LogP contribution in [0, 0.1) is 5.92 Å². The monoisotopic (exact) mass is 591 g/mol. The Balaban J connectivity index is 1.76. The third-order valence-corrected chi connectivity index (χ3v) is 8.24. The summed E-state index contributed by atoms with van der Waals surface area (Å²) in [5.41, 5.74) is -1.75. The van der Waals surface area contributed by atoms with E-state index in [0.29, 0.717) is 4.57 Å². The fourth-order valence-electron chi connectivity index (χ4n) is 3.74. The lowest BCUT2D eigenvalue weighted by Crippen LogP contribution is -2.42. The van der Waals surface area contributed by atoms with Crippen LogP contribution < -0.4 is 20.9 Å². The summed E-state index contributed by atoms with van der Waals surface area (Å²) in [5.74, 6) is -0.389. The molecule has 2 heterocycles. The van der Waals surface area contributed by atoms with Gasteiger partial charge in [-0.05, 0) is 25.0 Å². The molecular formula is C24H32ClFN3O9P. The van der Waals surface area contributed by atoms with E-state index in [9.17, 15) is 24.1 Å². The molecule has 216 valence electrons. The van der Waals surface area contributed by atoms with Crippen LogP contribution in [0.15, 0.2) is 52.2 Å². The highest BCUT2D eigenvalue weighted by Crippen LogP contribution is 2.48. The number of H-pyrrole nitrogens is 1. The Bertz CT molecular complexity index is 1270. The van der Waals surface area contributed by atoms with Crippen LogP contribution in [0.25, 0.3) is 0 Å². The Kier molecular flexibility index (Phi) is 10.5. The zero-order valence-corrected chi connectivity index (χ0v) is 23.3. The number of halogens is 2. The van der Waals surface area contributed by atoms with Crippen LogP contribution in [0.3, 0.4) is 0 Å². The van der Waals surface area contributed by atoms with Crippen LogP contribution in [0.4, 0.5) is 4.39 Å². The van der Waals surface area contributed by atoms with Crippen LogP contribution in [0.1, 0.15) is 39.8 Å². The Labute approximate surface area is 229 Å². The smallest absolute Gasteiger partial charge is 0.459 e. The van der Waals surface area contributed by atoms with Gasteiger partial charge < -0.3 is 19.1 Å². The van der Waals surface area contributed by atoms with E-state index < -0.39 is 61.2 Å². The second-order valence-electron chi connectivity index (χ2n) is 9.02. The number of carbonyl (C=O) groups is 1. The summed E-state index contributed by atoms with van der Waals surface area (Å²) in [6, 6.07) is 7.75. The molecule has 15 heteroatoms. The first kappa shape index (κ1) is 31.0. The molecule has 1 fully saturated rings. The van der Waals surface area contributed by atoms with E-state index in [2.05, 4.69) is 5.09 Å². The van der Waals surface area contributed by atoms with Gasteiger partial charge in [-0.2, -0.15) is 5.09 Å². The van der Waals surface area contributed by atoms with Crippen molar-refractivity contribution in [1.82, 2.24) is 14.6 Å². The molecule has 0 bridgehead atoms. The van der Waals surface area contributed by atoms with Crippen molar-refractivity contribution in [2.45, 2.75) is 63.2 Å². The maximum absolute atomic E-state index is 15.3. The molecule has 3 N–H and O–H groups in total. The summed E-state index contributed by atoms with van der Waals surface area (Å²) in [6.45, 7) is 4.82. The van der Waals surface area contributed by atoms with E-state index in [4.69, 9.17) is 30.1 Å². The van der Waals surface area contributed by atoms with Crippen molar-refractivity contribution in [1.29, 1.82) is 0 Å². The van der Waals surface area contributed by atoms with E-state index in [1.54, 1.807) is 18.2 Å². The maximum atomic E-state index is 15.3. The zero-order valence-electron chi connectivity index (χ0n) is 21.6. The Morgan fingerprint density at radius 1 is 1.28 bits per heavy atom. The highest BCUT2D eigenvalue weighted by Gasteiger charge is 2.58. The predicted molar refractivity (Wildman–Crippen MR) is 139 cm³/mol. The third-order valence-electron chi connectivity index (χ3n) is 6.18. The largest absolute Gasteiger partial charge is 0.464 e. The van der Waals surface area contributed by atoms with Crippen LogP contribution in [-0.2, 0) is 23.4 Å². The van der Waals surface area contributed by atoms with Gasteiger partial charge in [0.25, 0.3) is 10.7 Å². The number of para-hydroxylation sites is 1. The van der Waals surface area contributed by atoms with Gasteiger partial charge in [0.2, 0.25) is 0 Å². The van der Waals surface area contributed by atoms with Gasteiger partial charge in [-0.25, -0.2) is 13.8 Å². The molecule has 1 aromatic carbocycles. The van der Waals surface area contributed by atoms with Crippen molar-refractivity contribution >= 4 is 25.3 Å². The van der Waals surface area contributed by atoms with E-state index >= 15 is 4.39 Å². The molecule has 1 unspecified atom stereocenters. The Hall–Kier alpha value is -2.54. The highest BCUT2D eigenvalue weighted by molar-refractivity contribution is 7.52. The fourth-order valence-corrected chi connectivity index (χ4v) is 5.54. The quantitative estimate of drug-likeness (QED) is 0.180. The van der Waals surface area contributed by atoms with Crippen LogP contribution >= 0.6 is 19.3 Å². The maximum Gasteiger partial charge on any atom is 0.459 e. The first-order valence-corrected chi connectivity index (χ1v) is 14.3. The molecule has 1 aliphatic rings. The Morgan fingerprint density at radius 2 is 1.95 bits per heavy atom. The molecule has 12 nitrogen and oxygen atoms in total. The number of benzene rings is 1. The average Bonchev–Trinajstić information content (AvgIpc) is 3.12. The number of esters is 1. The molecule has 0 amide bonds. The molecule has 0 radical (unpaired) electrons. The van der Waals surface area contributed by atoms with Gasteiger partial charge in [0.05, 0.1) is 13.2 Å². The van der Waals surface area contributed by atoms with E-state index in [1.807, 2.05) is 18.8 Å². The molecule has 3 rings (SSSR count). The van der Waals surface area contributed by atoms with Crippen molar-refractivity contribution < 1.29 is 37.4 Å². The number of alkyl halides is 2. The lowest BCUT2D eigenvalue weighted by atomic mass is 10.1. The zero-order chi connectivity index (χ0) is 28.8. The predicted octanol–water partition coefficient (Wildman–Crippen LogP) is 2.86. The number of rotatable bonds is 13. The molecule has 39 heavy (non-hydrogen) atoms. The lowest BCUT2D eigenvalue weighted by molar-refractivity contribution is -0.146. The van der Waals surface area contributed by atoms with E-state index in [0.717, 1.165) is 25.1 Å². The van der Waals surface area contributed by atoms with Crippen molar-refractivity contribution in [3.05, 3.63) is 63.4 Å². The second-order valence-corrected chi connectivity index (χ2v) is 11.3. The number of hydrogen-bond donors (Lipinski definition) is 3. The van der Waals surface area contributed by atoms with Gasteiger partial charge in [0.1, 0.15) is 24.0 Å². The van der Waals surface area contributed by atoms with Gasteiger partial charge in [0.15, 0.2) is 6.23 Å². The van der Waals surface area contributed by atoms with E-state index in [-0.39, 0.29) is 18.3 Å². The number of carbonyl (C=O) groups excluding carboxylic acids is 1. The topological polar surface area (TPSA) is 158 Å². The first-order valence-electron chi connectivity index (χ1n) is 12.4. The molecule has 1 aliphatic heterocycles.